The van der Waals surface area contributed by atoms with E-state index in [9.17, 15) is 14.4 Å². The minimum absolute atomic E-state index is 0.0881. The molecule has 8 nitrogen and oxygen atoms in total. The van der Waals surface area contributed by atoms with Crippen LogP contribution in [0.5, 0.6) is 0 Å². The molecule has 1 fully saturated rings. The zero-order chi connectivity index (χ0) is 15.8. The normalized spacial score (nSPS) is 17.0. The monoisotopic (exact) mass is 301 g/mol. The fourth-order valence-corrected chi connectivity index (χ4v) is 2.44. The zero-order valence-electron chi connectivity index (χ0n) is 12.2. The molecular weight excluding hydrogens is 278 g/mol. The minimum Gasteiger partial charge on any atom is -0.481 e. The molecule has 2 amide bonds. The maximum Gasteiger partial charge on any atom is 0.326 e. The molecule has 1 rings (SSSR count). The molecule has 8 heteroatoms. The van der Waals surface area contributed by atoms with Crippen LogP contribution in [0.3, 0.4) is 0 Å². The number of amides is 2. The summed E-state index contributed by atoms with van der Waals surface area (Å²) in [6.45, 7) is 3.99. The number of hydrogen-bond donors (Lipinski definition) is 4. The summed E-state index contributed by atoms with van der Waals surface area (Å²) in [5, 5.41) is 23.3. The maximum absolute atomic E-state index is 12.2. The molecule has 120 valence electrons. The molecule has 0 saturated carbocycles. The second-order valence-corrected chi connectivity index (χ2v) is 5.04. The van der Waals surface area contributed by atoms with Crippen molar-refractivity contribution in [3.05, 3.63) is 0 Å². The van der Waals surface area contributed by atoms with Gasteiger partial charge in [0, 0.05) is 19.0 Å². The highest BCUT2D eigenvalue weighted by Crippen LogP contribution is 2.12. The molecule has 0 aromatic rings. The van der Waals surface area contributed by atoms with E-state index in [1.54, 1.807) is 4.90 Å². The Hall–Kier alpha value is -1.83. The van der Waals surface area contributed by atoms with Gasteiger partial charge in [0.1, 0.15) is 6.04 Å². The highest BCUT2D eigenvalue weighted by Gasteiger charge is 2.28. The van der Waals surface area contributed by atoms with Crippen LogP contribution in [0.4, 0.5) is 4.79 Å². The van der Waals surface area contributed by atoms with Crippen LogP contribution in [0.25, 0.3) is 0 Å². The molecule has 1 aliphatic rings. The van der Waals surface area contributed by atoms with E-state index in [2.05, 4.69) is 10.6 Å². The Balaban J connectivity index is 2.60. The molecule has 1 aliphatic heterocycles. The molecule has 21 heavy (non-hydrogen) atoms. The van der Waals surface area contributed by atoms with Gasteiger partial charge in [0.2, 0.25) is 0 Å². The van der Waals surface area contributed by atoms with E-state index in [-0.39, 0.29) is 18.9 Å². The highest BCUT2D eigenvalue weighted by molar-refractivity contribution is 5.83. The SMILES string of the molecule is CCN(C(=O)NC(CCC(=O)O)C(=O)O)C1CCNCC1. The van der Waals surface area contributed by atoms with E-state index in [0.717, 1.165) is 25.9 Å². The van der Waals surface area contributed by atoms with Crippen molar-refractivity contribution in [2.75, 3.05) is 19.6 Å². The third-order valence-corrected chi connectivity index (χ3v) is 3.59. The summed E-state index contributed by atoms with van der Waals surface area (Å²) < 4.78 is 0. The Morgan fingerprint density at radius 3 is 2.38 bits per heavy atom. The largest absolute Gasteiger partial charge is 0.481 e. The lowest BCUT2D eigenvalue weighted by atomic mass is 10.1. The molecule has 1 saturated heterocycles. The number of carboxylic acids is 2. The van der Waals surface area contributed by atoms with Crippen LogP contribution in [0.2, 0.25) is 0 Å². The summed E-state index contributed by atoms with van der Waals surface area (Å²) >= 11 is 0. The van der Waals surface area contributed by atoms with Gasteiger partial charge in [0.15, 0.2) is 0 Å². The number of carbonyl (C=O) groups is 3. The molecule has 1 unspecified atom stereocenters. The Morgan fingerprint density at radius 2 is 1.90 bits per heavy atom. The lowest BCUT2D eigenvalue weighted by Crippen LogP contribution is -2.53. The minimum atomic E-state index is -1.22. The maximum atomic E-state index is 12.2. The molecule has 4 N–H and O–H groups in total. The van der Waals surface area contributed by atoms with Gasteiger partial charge in [-0.2, -0.15) is 0 Å². The van der Waals surface area contributed by atoms with Crippen molar-refractivity contribution < 1.29 is 24.6 Å². The van der Waals surface area contributed by atoms with E-state index < -0.39 is 24.0 Å². The number of piperidine rings is 1. The first-order chi connectivity index (χ1) is 9.95. The van der Waals surface area contributed by atoms with Crippen LogP contribution in [0, 0.1) is 0 Å². The van der Waals surface area contributed by atoms with Gasteiger partial charge in [0.05, 0.1) is 0 Å². The summed E-state index contributed by atoms with van der Waals surface area (Å²) in [4.78, 5) is 35.5. The first-order valence-electron chi connectivity index (χ1n) is 7.18. The number of hydrogen-bond acceptors (Lipinski definition) is 4. The van der Waals surface area contributed by atoms with Crippen molar-refractivity contribution in [1.29, 1.82) is 0 Å². The van der Waals surface area contributed by atoms with E-state index in [1.807, 2.05) is 6.92 Å². The van der Waals surface area contributed by atoms with Crippen LogP contribution < -0.4 is 10.6 Å². The number of carbonyl (C=O) groups excluding carboxylic acids is 1. The summed E-state index contributed by atoms with van der Waals surface area (Å²) in [5.74, 6) is -2.30. The third-order valence-electron chi connectivity index (χ3n) is 3.59. The average Bonchev–Trinajstić information content (AvgIpc) is 2.44. The van der Waals surface area contributed by atoms with Gasteiger partial charge in [-0.05, 0) is 39.3 Å². The standard InChI is InChI=1S/C13H23N3O5/c1-2-16(9-5-7-14-8-6-9)13(21)15-10(12(19)20)3-4-11(17)18/h9-10,14H,2-8H2,1H3,(H,15,21)(H,17,18)(H,19,20). The van der Waals surface area contributed by atoms with Gasteiger partial charge in [-0.1, -0.05) is 0 Å². The molecule has 0 bridgehead atoms. The van der Waals surface area contributed by atoms with Crippen molar-refractivity contribution in [3.63, 3.8) is 0 Å². The molecule has 1 atom stereocenters. The number of urea groups is 1. The predicted molar refractivity (Wildman–Crippen MR) is 75.1 cm³/mol. The average molecular weight is 301 g/mol. The molecule has 1 heterocycles. The topological polar surface area (TPSA) is 119 Å². The van der Waals surface area contributed by atoms with Crippen LogP contribution >= 0.6 is 0 Å². The lowest BCUT2D eigenvalue weighted by molar-refractivity contribution is -0.140. The van der Waals surface area contributed by atoms with E-state index in [0.29, 0.717) is 6.54 Å². The summed E-state index contributed by atoms with van der Waals surface area (Å²) in [6.07, 6.45) is 1.24. The molecular formula is C13H23N3O5. The fourth-order valence-electron chi connectivity index (χ4n) is 2.44. The molecule has 0 aromatic carbocycles. The van der Waals surface area contributed by atoms with Gasteiger partial charge in [-0.15, -0.1) is 0 Å². The predicted octanol–water partition coefficient (Wildman–Crippen LogP) is 0.0879. The van der Waals surface area contributed by atoms with Crippen LogP contribution in [0.1, 0.15) is 32.6 Å². The Kier molecular flexibility index (Phi) is 6.93. The Labute approximate surface area is 123 Å². The van der Waals surface area contributed by atoms with Gasteiger partial charge < -0.3 is 25.7 Å². The zero-order valence-corrected chi connectivity index (χ0v) is 12.2. The second kappa shape index (κ2) is 8.46. The molecule has 0 spiro atoms. The molecule has 0 aliphatic carbocycles. The van der Waals surface area contributed by atoms with Crippen LogP contribution in [0.15, 0.2) is 0 Å². The number of nitrogens with zero attached hydrogens (tertiary/aromatic N) is 1. The fraction of sp³-hybridized carbons (Fsp3) is 0.769. The first-order valence-corrected chi connectivity index (χ1v) is 7.18. The summed E-state index contributed by atoms with van der Waals surface area (Å²) in [7, 11) is 0. The molecule has 0 aromatic heterocycles. The number of aliphatic carboxylic acids is 2. The van der Waals surface area contributed by atoms with Gasteiger partial charge in [-0.3, -0.25) is 4.79 Å². The van der Waals surface area contributed by atoms with Gasteiger partial charge in [-0.25, -0.2) is 9.59 Å². The van der Waals surface area contributed by atoms with E-state index in [1.165, 1.54) is 0 Å². The van der Waals surface area contributed by atoms with Crippen molar-refractivity contribution >= 4 is 18.0 Å². The van der Waals surface area contributed by atoms with Gasteiger partial charge in [0.25, 0.3) is 0 Å². The van der Waals surface area contributed by atoms with Gasteiger partial charge >= 0.3 is 18.0 Å². The van der Waals surface area contributed by atoms with E-state index in [4.69, 9.17) is 10.2 Å². The lowest BCUT2D eigenvalue weighted by Gasteiger charge is -2.34. The summed E-state index contributed by atoms with van der Waals surface area (Å²) in [6, 6.07) is -1.53. The quantitative estimate of drug-likeness (QED) is 0.529. The molecule has 0 radical (unpaired) electrons. The number of carboxylic acid groups (broad SMARTS) is 2. The van der Waals surface area contributed by atoms with Crippen molar-refractivity contribution in [3.8, 4) is 0 Å². The second-order valence-electron chi connectivity index (χ2n) is 5.04. The van der Waals surface area contributed by atoms with Crippen LogP contribution in [-0.4, -0.2) is 64.8 Å². The Bertz CT molecular complexity index is 382. The summed E-state index contributed by atoms with van der Waals surface area (Å²) in [5.41, 5.74) is 0. The van der Waals surface area contributed by atoms with Crippen molar-refractivity contribution in [2.45, 2.75) is 44.7 Å². The third kappa shape index (κ3) is 5.58. The highest BCUT2D eigenvalue weighted by atomic mass is 16.4. The van der Waals surface area contributed by atoms with E-state index >= 15 is 0 Å². The van der Waals surface area contributed by atoms with Crippen LogP contribution in [-0.2, 0) is 9.59 Å². The van der Waals surface area contributed by atoms with Crippen molar-refractivity contribution in [2.24, 2.45) is 0 Å². The van der Waals surface area contributed by atoms with Crippen molar-refractivity contribution in [1.82, 2.24) is 15.5 Å². The first kappa shape index (κ1) is 17.2. The number of rotatable bonds is 7. The smallest absolute Gasteiger partial charge is 0.326 e. The Morgan fingerprint density at radius 1 is 1.29 bits per heavy atom. The number of nitrogens with one attached hydrogen (secondary N) is 2.